The first kappa shape index (κ1) is 14.0. The zero-order valence-corrected chi connectivity index (χ0v) is 13.1. The van der Waals surface area contributed by atoms with Gasteiger partial charge in [0, 0.05) is 12.2 Å². The molecule has 0 atom stereocenters. The Hall–Kier alpha value is -1.98. The van der Waals surface area contributed by atoms with Crippen LogP contribution in [0.25, 0.3) is 10.8 Å². The highest BCUT2D eigenvalue weighted by Crippen LogP contribution is 2.34. The molecule has 0 amide bonds. The minimum Gasteiger partial charge on any atom is -0.423 e. The number of nitrogens with two attached hydrogens (primary N) is 1. The van der Waals surface area contributed by atoms with Gasteiger partial charge in [-0.05, 0) is 45.8 Å². The van der Waals surface area contributed by atoms with Gasteiger partial charge in [-0.25, -0.2) is 4.98 Å². The summed E-state index contributed by atoms with van der Waals surface area (Å²) in [5, 5.41) is 2.23. The van der Waals surface area contributed by atoms with Crippen LogP contribution in [0.5, 0.6) is 11.8 Å². The van der Waals surface area contributed by atoms with Crippen molar-refractivity contribution in [2.75, 3.05) is 0 Å². The zero-order valence-electron chi connectivity index (χ0n) is 11.5. The Labute approximate surface area is 131 Å². The van der Waals surface area contributed by atoms with E-state index in [1.54, 1.807) is 0 Å². The van der Waals surface area contributed by atoms with Gasteiger partial charge in [0.05, 0.1) is 10.2 Å². The number of nitrogens with zero attached hydrogens (tertiary/aromatic N) is 2. The average Bonchev–Trinajstić information content (AvgIpc) is 2.50. The molecule has 0 bridgehead atoms. The molecule has 3 aromatic rings. The topological polar surface area (TPSA) is 61.0 Å². The standard InChI is InChI=1S/C16H14BrN3O/c1-10-8-12(9-18)20-16(19-10)21-14-7-6-11-4-2-3-5-13(11)15(14)17/h2-8H,9,18H2,1H3. The number of aryl methyl sites for hydroxylation is 1. The lowest BCUT2D eigenvalue weighted by atomic mass is 10.1. The summed E-state index contributed by atoms with van der Waals surface area (Å²) in [6, 6.07) is 14.2. The monoisotopic (exact) mass is 343 g/mol. The van der Waals surface area contributed by atoms with Crippen LogP contribution in [0.3, 0.4) is 0 Å². The molecule has 0 aliphatic carbocycles. The number of rotatable bonds is 3. The number of halogens is 1. The van der Waals surface area contributed by atoms with Gasteiger partial charge in [-0.1, -0.05) is 30.3 Å². The van der Waals surface area contributed by atoms with Crippen LogP contribution in [0.15, 0.2) is 46.9 Å². The Balaban J connectivity index is 2.02. The van der Waals surface area contributed by atoms with Crippen molar-refractivity contribution in [3.8, 4) is 11.8 Å². The summed E-state index contributed by atoms with van der Waals surface area (Å²) in [6.45, 7) is 2.25. The smallest absolute Gasteiger partial charge is 0.322 e. The summed E-state index contributed by atoms with van der Waals surface area (Å²) in [5.41, 5.74) is 7.22. The van der Waals surface area contributed by atoms with E-state index in [-0.39, 0.29) is 0 Å². The van der Waals surface area contributed by atoms with E-state index in [4.69, 9.17) is 10.5 Å². The second kappa shape index (κ2) is 5.79. The van der Waals surface area contributed by atoms with E-state index < -0.39 is 0 Å². The van der Waals surface area contributed by atoms with Gasteiger partial charge in [-0.2, -0.15) is 4.98 Å². The van der Waals surface area contributed by atoms with E-state index >= 15 is 0 Å². The van der Waals surface area contributed by atoms with Crippen LogP contribution in [-0.2, 0) is 6.54 Å². The van der Waals surface area contributed by atoms with Crippen molar-refractivity contribution in [3.63, 3.8) is 0 Å². The van der Waals surface area contributed by atoms with Crippen LogP contribution >= 0.6 is 15.9 Å². The van der Waals surface area contributed by atoms with Crippen LogP contribution in [0.4, 0.5) is 0 Å². The predicted molar refractivity (Wildman–Crippen MR) is 86.4 cm³/mol. The molecule has 2 N–H and O–H groups in total. The predicted octanol–water partition coefficient (Wildman–Crippen LogP) is 3.95. The highest BCUT2D eigenvalue weighted by Gasteiger charge is 2.09. The van der Waals surface area contributed by atoms with Gasteiger partial charge in [0.2, 0.25) is 0 Å². The maximum Gasteiger partial charge on any atom is 0.322 e. The van der Waals surface area contributed by atoms with Gasteiger partial charge in [0.1, 0.15) is 5.75 Å². The first-order chi connectivity index (χ1) is 10.2. The Morgan fingerprint density at radius 2 is 1.95 bits per heavy atom. The summed E-state index contributed by atoms with van der Waals surface area (Å²) in [7, 11) is 0. The number of ether oxygens (including phenoxy) is 1. The van der Waals surface area contributed by atoms with Gasteiger partial charge in [0.15, 0.2) is 0 Å². The second-order valence-corrected chi connectivity index (χ2v) is 5.48. The summed E-state index contributed by atoms with van der Waals surface area (Å²) < 4.78 is 6.70. The van der Waals surface area contributed by atoms with Gasteiger partial charge < -0.3 is 10.5 Å². The molecule has 3 rings (SSSR count). The maximum absolute atomic E-state index is 5.82. The van der Waals surface area contributed by atoms with E-state index in [0.29, 0.717) is 18.3 Å². The minimum absolute atomic E-state index is 0.312. The van der Waals surface area contributed by atoms with Crippen LogP contribution in [0, 0.1) is 6.92 Å². The molecule has 0 aliphatic heterocycles. The Bertz CT molecular complexity index is 805. The molecular weight excluding hydrogens is 330 g/mol. The van der Waals surface area contributed by atoms with E-state index in [0.717, 1.165) is 26.6 Å². The molecule has 0 radical (unpaired) electrons. The summed E-state index contributed by atoms with van der Waals surface area (Å²) in [6.07, 6.45) is 0. The molecule has 1 heterocycles. The van der Waals surface area contributed by atoms with Crippen molar-refractivity contribution < 1.29 is 4.74 Å². The lowest BCUT2D eigenvalue weighted by Gasteiger charge is -2.10. The third kappa shape index (κ3) is 2.89. The highest BCUT2D eigenvalue weighted by molar-refractivity contribution is 9.10. The van der Waals surface area contributed by atoms with Crippen molar-refractivity contribution >= 4 is 26.7 Å². The normalized spacial score (nSPS) is 10.8. The SMILES string of the molecule is Cc1cc(CN)nc(Oc2ccc3ccccc3c2Br)n1. The van der Waals surface area contributed by atoms with Crippen LogP contribution in [0.1, 0.15) is 11.4 Å². The van der Waals surface area contributed by atoms with Gasteiger partial charge in [-0.15, -0.1) is 0 Å². The molecule has 0 saturated carbocycles. The summed E-state index contributed by atoms with van der Waals surface area (Å²) in [5.74, 6) is 0.683. The van der Waals surface area contributed by atoms with Gasteiger partial charge in [0.25, 0.3) is 0 Å². The number of fused-ring (bicyclic) bond motifs is 1. The molecular formula is C16H14BrN3O. The third-order valence-corrected chi connectivity index (χ3v) is 3.94. The first-order valence-corrected chi connectivity index (χ1v) is 7.36. The van der Waals surface area contributed by atoms with Gasteiger partial charge in [-0.3, -0.25) is 0 Å². The highest BCUT2D eigenvalue weighted by atomic mass is 79.9. The third-order valence-electron chi connectivity index (χ3n) is 3.12. The Morgan fingerprint density at radius 1 is 1.14 bits per heavy atom. The van der Waals surface area contributed by atoms with E-state index in [1.807, 2.05) is 43.3 Å². The molecule has 0 aliphatic rings. The molecule has 106 valence electrons. The van der Waals surface area contributed by atoms with Crippen LogP contribution in [0.2, 0.25) is 0 Å². The molecule has 0 unspecified atom stereocenters. The number of hydrogen-bond donors (Lipinski definition) is 1. The van der Waals surface area contributed by atoms with E-state index in [2.05, 4.69) is 32.0 Å². The van der Waals surface area contributed by atoms with E-state index in [9.17, 15) is 0 Å². The number of hydrogen-bond acceptors (Lipinski definition) is 4. The molecule has 21 heavy (non-hydrogen) atoms. The van der Waals surface area contributed by atoms with Crippen molar-refractivity contribution in [1.82, 2.24) is 9.97 Å². The minimum atomic E-state index is 0.312. The van der Waals surface area contributed by atoms with E-state index in [1.165, 1.54) is 0 Å². The fourth-order valence-corrected chi connectivity index (χ4v) is 2.72. The molecule has 0 spiro atoms. The zero-order chi connectivity index (χ0) is 14.8. The van der Waals surface area contributed by atoms with Crippen molar-refractivity contribution in [2.45, 2.75) is 13.5 Å². The average molecular weight is 344 g/mol. The molecule has 1 aromatic heterocycles. The molecule has 4 nitrogen and oxygen atoms in total. The van der Waals surface area contributed by atoms with Crippen molar-refractivity contribution in [2.24, 2.45) is 5.73 Å². The van der Waals surface area contributed by atoms with Crippen LogP contribution in [-0.4, -0.2) is 9.97 Å². The maximum atomic E-state index is 5.82. The lowest BCUT2D eigenvalue weighted by molar-refractivity contribution is 0.436. The number of aromatic nitrogens is 2. The molecule has 0 fully saturated rings. The fraction of sp³-hybridized carbons (Fsp3) is 0.125. The summed E-state index contributed by atoms with van der Waals surface area (Å²) in [4.78, 5) is 8.58. The molecule has 0 saturated heterocycles. The fourth-order valence-electron chi connectivity index (χ4n) is 2.15. The summed E-state index contributed by atoms with van der Waals surface area (Å²) >= 11 is 3.59. The Morgan fingerprint density at radius 3 is 2.76 bits per heavy atom. The number of benzene rings is 2. The second-order valence-electron chi connectivity index (χ2n) is 4.69. The first-order valence-electron chi connectivity index (χ1n) is 6.57. The van der Waals surface area contributed by atoms with Crippen LogP contribution < -0.4 is 10.5 Å². The lowest BCUT2D eigenvalue weighted by Crippen LogP contribution is -2.03. The van der Waals surface area contributed by atoms with Crippen molar-refractivity contribution in [1.29, 1.82) is 0 Å². The Kier molecular flexibility index (Phi) is 3.86. The van der Waals surface area contributed by atoms with Crippen molar-refractivity contribution in [3.05, 3.63) is 58.3 Å². The largest absolute Gasteiger partial charge is 0.423 e. The molecule has 5 heteroatoms. The molecule has 2 aromatic carbocycles. The van der Waals surface area contributed by atoms with Gasteiger partial charge >= 0.3 is 6.01 Å². The quantitative estimate of drug-likeness (QED) is 0.781.